The van der Waals surface area contributed by atoms with E-state index in [1.54, 1.807) is 0 Å². The molecule has 0 saturated carbocycles. The molecule has 0 atom stereocenters. The molecule has 0 heterocycles. The molecule has 0 unspecified atom stereocenters. The Balaban J connectivity index is 3.70. The third-order valence-electron chi connectivity index (χ3n) is 3.87. The first kappa shape index (κ1) is 18.7. The smallest absolute Gasteiger partial charge is 0.179 e. The van der Waals surface area contributed by atoms with Crippen LogP contribution in [0.15, 0.2) is 17.0 Å². The van der Waals surface area contributed by atoms with Crippen molar-refractivity contribution in [3.8, 4) is 6.07 Å². The number of benzene rings is 1. The average Bonchev–Trinajstić information content (AvgIpc) is 2.43. The van der Waals surface area contributed by atoms with Crippen molar-refractivity contribution in [1.29, 1.82) is 5.26 Å². The van der Waals surface area contributed by atoms with Crippen LogP contribution in [0.25, 0.3) is 0 Å². The summed E-state index contributed by atoms with van der Waals surface area (Å²) in [5.41, 5.74) is 2.94. The second-order valence-corrected chi connectivity index (χ2v) is 8.77. The molecule has 0 aliphatic rings. The summed E-state index contributed by atoms with van der Waals surface area (Å²) in [6.45, 7) is 12.3. The van der Waals surface area contributed by atoms with E-state index >= 15 is 0 Å². The van der Waals surface area contributed by atoms with Gasteiger partial charge in [-0.05, 0) is 34.4 Å². The molecule has 0 spiro atoms. The van der Waals surface area contributed by atoms with E-state index in [1.165, 1.54) is 5.56 Å². The van der Waals surface area contributed by atoms with Crippen LogP contribution in [0.5, 0.6) is 0 Å². The van der Waals surface area contributed by atoms with E-state index in [1.807, 2.05) is 45.9 Å². The Hall–Kier alpha value is -1.34. The van der Waals surface area contributed by atoms with E-state index < -0.39 is 9.84 Å². The molecule has 3 nitrogen and oxygen atoms in total. The molecular weight excluding hydrogens is 294 g/mol. The third kappa shape index (κ3) is 4.10. The van der Waals surface area contributed by atoms with Crippen LogP contribution in [0, 0.1) is 11.3 Å². The van der Waals surface area contributed by atoms with Crippen LogP contribution in [-0.4, -0.2) is 14.2 Å². The Morgan fingerprint density at radius 3 is 1.73 bits per heavy atom. The molecule has 0 saturated heterocycles. The fourth-order valence-electron chi connectivity index (χ4n) is 2.53. The Bertz CT molecular complexity index is 636. The summed E-state index contributed by atoms with van der Waals surface area (Å²) in [7, 11) is -3.44. The number of nitrogens with zero attached hydrogens (tertiary/aromatic N) is 1. The van der Waals surface area contributed by atoms with Gasteiger partial charge < -0.3 is 0 Å². The minimum atomic E-state index is -3.44. The summed E-state index contributed by atoms with van der Waals surface area (Å²) in [6, 6.07) is 6.00. The van der Waals surface area contributed by atoms with Gasteiger partial charge in [-0.15, -0.1) is 0 Å². The van der Waals surface area contributed by atoms with Gasteiger partial charge in [-0.3, -0.25) is 0 Å². The second-order valence-electron chi connectivity index (χ2n) is 6.72. The monoisotopic (exact) mass is 321 g/mol. The molecule has 0 amide bonds. The van der Waals surface area contributed by atoms with Crippen LogP contribution >= 0.6 is 0 Å². The van der Waals surface area contributed by atoms with E-state index in [0.717, 1.165) is 11.1 Å². The SMILES string of the molecule is CC(C)c1cc(C(C)C)c(S(=O)(=O)CCC#N)c(C(C)C)c1. The summed E-state index contributed by atoms with van der Waals surface area (Å²) in [6.07, 6.45) is 0.0311. The first-order chi connectivity index (χ1) is 10.1. The Morgan fingerprint density at radius 2 is 1.41 bits per heavy atom. The molecular formula is C18H27NO2S. The van der Waals surface area contributed by atoms with E-state index in [-0.39, 0.29) is 24.0 Å². The maximum absolute atomic E-state index is 12.8. The van der Waals surface area contributed by atoms with Gasteiger partial charge in [-0.1, -0.05) is 53.7 Å². The van der Waals surface area contributed by atoms with Crippen molar-refractivity contribution in [3.63, 3.8) is 0 Å². The van der Waals surface area contributed by atoms with Gasteiger partial charge in [-0.25, -0.2) is 8.42 Å². The summed E-state index contributed by atoms with van der Waals surface area (Å²) >= 11 is 0. The van der Waals surface area contributed by atoms with E-state index in [2.05, 4.69) is 13.8 Å². The van der Waals surface area contributed by atoms with Crippen LogP contribution in [0.3, 0.4) is 0 Å². The lowest BCUT2D eigenvalue weighted by atomic mass is 9.89. The predicted octanol–water partition coefficient (Wildman–Crippen LogP) is 4.74. The molecule has 0 bridgehead atoms. The van der Waals surface area contributed by atoms with Gasteiger partial charge in [0.2, 0.25) is 0 Å². The lowest BCUT2D eigenvalue weighted by Crippen LogP contribution is -2.15. The number of rotatable bonds is 6. The molecule has 1 aromatic rings. The summed E-state index contributed by atoms with van der Waals surface area (Å²) in [4.78, 5) is 0.456. The quantitative estimate of drug-likeness (QED) is 0.760. The van der Waals surface area contributed by atoms with Crippen LogP contribution < -0.4 is 0 Å². The van der Waals surface area contributed by atoms with Crippen molar-refractivity contribution in [2.75, 3.05) is 5.75 Å². The molecule has 4 heteroatoms. The largest absolute Gasteiger partial charge is 0.224 e. The van der Waals surface area contributed by atoms with Crippen molar-refractivity contribution >= 4 is 9.84 Å². The lowest BCUT2D eigenvalue weighted by molar-refractivity contribution is 0.590. The number of hydrogen-bond donors (Lipinski definition) is 0. The van der Waals surface area contributed by atoms with Crippen molar-refractivity contribution in [3.05, 3.63) is 28.8 Å². The Kier molecular flexibility index (Phi) is 6.19. The van der Waals surface area contributed by atoms with Crippen molar-refractivity contribution < 1.29 is 8.42 Å². The predicted molar refractivity (Wildman–Crippen MR) is 91.0 cm³/mol. The first-order valence-corrected chi connectivity index (χ1v) is 9.54. The average molecular weight is 321 g/mol. The van der Waals surface area contributed by atoms with E-state index in [9.17, 15) is 8.42 Å². The molecule has 0 fully saturated rings. The third-order valence-corrected chi connectivity index (χ3v) is 5.71. The molecule has 0 radical (unpaired) electrons. The van der Waals surface area contributed by atoms with Crippen LogP contribution in [0.2, 0.25) is 0 Å². The summed E-state index contributed by atoms with van der Waals surface area (Å²) in [5, 5.41) is 8.74. The molecule has 0 N–H and O–H groups in total. The van der Waals surface area contributed by atoms with Gasteiger partial charge in [0, 0.05) is 6.42 Å². The maximum Gasteiger partial charge on any atom is 0.179 e. The molecule has 0 aliphatic carbocycles. The lowest BCUT2D eigenvalue weighted by Gasteiger charge is -2.22. The number of nitriles is 1. The number of hydrogen-bond acceptors (Lipinski definition) is 3. The highest BCUT2D eigenvalue weighted by Crippen LogP contribution is 2.35. The fourth-order valence-corrected chi connectivity index (χ4v) is 4.40. The highest BCUT2D eigenvalue weighted by Gasteiger charge is 2.26. The van der Waals surface area contributed by atoms with Gasteiger partial charge in [0.05, 0.1) is 16.7 Å². The topological polar surface area (TPSA) is 57.9 Å². The minimum absolute atomic E-state index is 0.0311. The highest BCUT2D eigenvalue weighted by molar-refractivity contribution is 7.91. The summed E-state index contributed by atoms with van der Waals surface area (Å²) in [5.74, 6) is 0.501. The second kappa shape index (κ2) is 7.28. The van der Waals surface area contributed by atoms with Gasteiger partial charge >= 0.3 is 0 Å². The Morgan fingerprint density at radius 1 is 0.955 bits per heavy atom. The zero-order valence-corrected chi connectivity index (χ0v) is 15.3. The normalized spacial score (nSPS) is 12.2. The molecule has 0 aromatic heterocycles. The summed E-state index contributed by atoms with van der Waals surface area (Å²) < 4.78 is 25.5. The van der Waals surface area contributed by atoms with Gasteiger partial charge in [0.25, 0.3) is 0 Å². The van der Waals surface area contributed by atoms with Crippen molar-refractivity contribution in [2.45, 2.75) is 70.6 Å². The standard InChI is InChI=1S/C18H27NO2S/c1-12(2)15-10-16(13(3)4)18(17(11-15)14(5)6)22(20,21)9-7-8-19/h10-14H,7,9H2,1-6H3. The molecule has 1 rings (SSSR count). The number of sulfone groups is 1. The Labute approximate surface area is 135 Å². The zero-order valence-electron chi connectivity index (χ0n) is 14.5. The van der Waals surface area contributed by atoms with E-state index in [4.69, 9.17) is 5.26 Å². The van der Waals surface area contributed by atoms with Gasteiger partial charge in [-0.2, -0.15) is 5.26 Å². The van der Waals surface area contributed by atoms with Crippen molar-refractivity contribution in [2.24, 2.45) is 0 Å². The van der Waals surface area contributed by atoms with Crippen molar-refractivity contribution in [1.82, 2.24) is 0 Å². The first-order valence-electron chi connectivity index (χ1n) is 7.89. The van der Waals surface area contributed by atoms with Gasteiger partial charge in [0.1, 0.15) is 0 Å². The van der Waals surface area contributed by atoms with Gasteiger partial charge in [0.15, 0.2) is 9.84 Å². The van der Waals surface area contributed by atoms with Crippen LogP contribution in [-0.2, 0) is 9.84 Å². The fraction of sp³-hybridized carbons (Fsp3) is 0.611. The highest BCUT2D eigenvalue weighted by atomic mass is 32.2. The molecule has 122 valence electrons. The minimum Gasteiger partial charge on any atom is -0.224 e. The van der Waals surface area contributed by atoms with E-state index in [0.29, 0.717) is 10.8 Å². The van der Waals surface area contributed by atoms with Crippen LogP contribution in [0.4, 0.5) is 0 Å². The van der Waals surface area contributed by atoms with Crippen LogP contribution in [0.1, 0.15) is 82.4 Å². The molecule has 22 heavy (non-hydrogen) atoms. The molecule has 0 aliphatic heterocycles. The maximum atomic E-state index is 12.8. The zero-order chi connectivity index (χ0) is 17.1. The molecule has 1 aromatic carbocycles.